The number of nitrogens with zero attached hydrogens (tertiary/aromatic N) is 2. The van der Waals surface area contributed by atoms with E-state index in [1.807, 2.05) is 56.3 Å². The van der Waals surface area contributed by atoms with Gasteiger partial charge in [-0.05, 0) is 53.4 Å². The van der Waals surface area contributed by atoms with Gasteiger partial charge in [0, 0.05) is 0 Å². The molecule has 4 heteroatoms. The fraction of sp³-hybridized carbons (Fsp3) is 0.172. The molecule has 5 rings (SSSR count). The van der Waals surface area contributed by atoms with Gasteiger partial charge in [0.1, 0.15) is 5.82 Å². The van der Waals surface area contributed by atoms with E-state index in [2.05, 4.69) is 58.4 Å². The largest absolute Gasteiger partial charge is 0.346 e. The molecule has 0 bridgehead atoms. The molecule has 1 unspecified atom stereocenters. The van der Waals surface area contributed by atoms with Crippen LogP contribution in [0.2, 0.25) is 0 Å². The molecule has 1 atom stereocenters. The third-order valence-corrected chi connectivity index (χ3v) is 6.27. The van der Waals surface area contributed by atoms with Crippen LogP contribution in [0.4, 0.5) is 0 Å². The maximum absolute atomic E-state index is 12.9. The first-order valence-corrected chi connectivity index (χ1v) is 11.4. The van der Waals surface area contributed by atoms with Gasteiger partial charge in [0.05, 0.1) is 30.0 Å². The van der Waals surface area contributed by atoms with Crippen LogP contribution in [0.5, 0.6) is 0 Å². The molecule has 0 saturated carbocycles. The summed E-state index contributed by atoms with van der Waals surface area (Å²) in [5.74, 6) is 0.864. The van der Waals surface area contributed by atoms with Crippen LogP contribution in [-0.2, 0) is 17.8 Å². The lowest BCUT2D eigenvalue weighted by Gasteiger charge is -2.18. The van der Waals surface area contributed by atoms with Crippen LogP contribution >= 0.6 is 0 Å². The molecule has 0 fully saturated rings. The standard InChI is InChI=1S/C29H27N3O/c1-20-10-3-4-12-23(20)18-28(33)30-21(2)29-31-26-16-7-8-17-27(26)32(29)19-24-14-9-13-22-11-5-6-15-25(22)24/h3-17,21H,18-19H2,1-2H3,(H,30,33). The monoisotopic (exact) mass is 433 g/mol. The first-order valence-electron chi connectivity index (χ1n) is 11.4. The van der Waals surface area contributed by atoms with Crippen LogP contribution in [0.15, 0.2) is 91.0 Å². The minimum atomic E-state index is -0.219. The maximum Gasteiger partial charge on any atom is 0.225 e. The summed E-state index contributed by atoms with van der Waals surface area (Å²) in [6.45, 7) is 4.74. The molecule has 0 spiro atoms. The van der Waals surface area contributed by atoms with Gasteiger partial charge in [0.15, 0.2) is 0 Å². The molecule has 33 heavy (non-hydrogen) atoms. The molecular formula is C29H27N3O. The second-order valence-corrected chi connectivity index (χ2v) is 8.58. The van der Waals surface area contributed by atoms with Crippen molar-refractivity contribution in [3.05, 3.63) is 114 Å². The van der Waals surface area contributed by atoms with Crippen molar-refractivity contribution in [2.45, 2.75) is 32.9 Å². The topological polar surface area (TPSA) is 46.9 Å². The van der Waals surface area contributed by atoms with Crippen LogP contribution in [0, 0.1) is 6.92 Å². The number of benzene rings is 4. The number of carbonyl (C=O) groups is 1. The second-order valence-electron chi connectivity index (χ2n) is 8.58. The number of aromatic nitrogens is 2. The highest BCUT2D eigenvalue weighted by atomic mass is 16.1. The summed E-state index contributed by atoms with van der Waals surface area (Å²) in [5, 5.41) is 5.63. The normalized spacial score (nSPS) is 12.2. The van der Waals surface area contributed by atoms with Gasteiger partial charge in [-0.15, -0.1) is 0 Å². The number of fused-ring (bicyclic) bond motifs is 2. The van der Waals surface area contributed by atoms with E-state index in [0.29, 0.717) is 13.0 Å². The Labute approximate surface area is 193 Å². The number of carbonyl (C=O) groups excluding carboxylic acids is 1. The summed E-state index contributed by atoms with van der Waals surface area (Å²) in [4.78, 5) is 17.8. The summed E-state index contributed by atoms with van der Waals surface area (Å²) >= 11 is 0. The Balaban J connectivity index is 1.47. The van der Waals surface area contributed by atoms with Gasteiger partial charge < -0.3 is 9.88 Å². The van der Waals surface area contributed by atoms with Gasteiger partial charge in [-0.25, -0.2) is 4.98 Å². The van der Waals surface area contributed by atoms with E-state index in [1.54, 1.807) is 0 Å². The fourth-order valence-electron chi connectivity index (χ4n) is 4.53. The highest BCUT2D eigenvalue weighted by Crippen LogP contribution is 2.25. The quantitative estimate of drug-likeness (QED) is 0.359. The zero-order valence-corrected chi connectivity index (χ0v) is 19.0. The van der Waals surface area contributed by atoms with Gasteiger partial charge in [-0.1, -0.05) is 78.9 Å². The van der Waals surface area contributed by atoms with Crippen molar-refractivity contribution in [2.75, 3.05) is 0 Å². The second kappa shape index (κ2) is 8.91. The predicted molar refractivity (Wildman–Crippen MR) is 134 cm³/mol. The Hall–Kier alpha value is -3.92. The molecule has 0 aliphatic heterocycles. The van der Waals surface area contributed by atoms with Crippen LogP contribution in [0.1, 0.15) is 35.5 Å². The van der Waals surface area contributed by atoms with Crippen molar-refractivity contribution in [2.24, 2.45) is 0 Å². The number of aryl methyl sites for hydroxylation is 1. The number of hydrogen-bond acceptors (Lipinski definition) is 2. The Morgan fingerprint density at radius 3 is 2.45 bits per heavy atom. The number of nitrogens with one attached hydrogen (secondary N) is 1. The van der Waals surface area contributed by atoms with E-state index < -0.39 is 0 Å². The van der Waals surface area contributed by atoms with Gasteiger partial charge in [0.25, 0.3) is 0 Å². The number of para-hydroxylation sites is 2. The van der Waals surface area contributed by atoms with Crippen molar-refractivity contribution >= 4 is 27.7 Å². The molecule has 0 radical (unpaired) electrons. The van der Waals surface area contributed by atoms with Gasteiger partial charge in [-0.3, -0.25) is 4.79 Å². The van der Waals surface area contributed by atoms with Crippen molar-refractivity contribution in [1.29, 1.82) is 0 Å². The Morgan fingerprint density at radius 2 is 1.58 bits per heavy atom. The van der Waals surface area contributed by atoms with Crippen molar-refractivity contribution in [3.8, 4) is 0 Å². The van der Waals surface area contributed by atoms with E-state index in [0.717, 1.165) is 28.0 Å². The van der Waals surface area contributed by atoms with E-state index in [1.165, 1.54) is 16.3 Å². The fourth-order valence-corrected chi connectivity index (χ4v) is 4.53. The number of amides is 1. The van der Waals surface area contributed by atoms with Crippen molar-refractivity contribution in [3.63, 3.8) is 0 Å². The SMILES string of the molecule is Cc1ccccc1CC(=O)NC(C)c1nc2ccccc2n1Cc1cccc2ccccc12. The van der Waals surface area contributed by atoms with Crippen molar-refractivity contribution < 1.29 is 4.79 Å². The predicted octanol–water partition coefficient (Wildman–Crippen LogP) is 5.97. The Kier molecular flexibility index (Phi) is 5.66. The van der Waals surface area contributed by atoms with Gasteiger partial charge in [0.2, 0.25) is 5.91 Å². The molecule has 1 amide bonds. The molecule has 0 aliphatic rings. The zero-order valence-electron chi connectivity index (χ0n) is 19.0. The lowest BCUT2D eigenvalue weighted by Crippen LogP contribution is -2.30. The molecule has 0 saturated heterocycles. The molecular weight excluding hydrogens is 406 g/mol. The minimum Gasteiger partial charge on any atom is -0.346 e. The van der Waals surface area contributed by atoms with Crippen LogP contribution in [0.25, 0.3) is 21.8 Å². The highest BCUT2D eigenvalue weighted by molar-refractivity contribution is 5.86. The van der Waals surface area contributed by atoms with E-state index >= 15 is 0 Å². The zero-order chi connectivity index (χ0) is 22.8. The Morgan fingerprint density at radius 1 is 0.879 bits per heavy atom. The van der Waals surface area contributed by atoms with Crippen LogP contribution in [-0.4, -0.2) is 15.5 Å². The smallest absolute Gasteiger partial charge is 0.225 e. The lowest BCUT2D eigenvalue weighted by molar-refractivity contribution is -0.121. The van der Waals surface area contributed by atoms with Crippen LogP contribution in [0.3, 0.4) is 0 Å². The van der Waals surface area contributed by atoms with E-state index in [4.69, 9.17) is 4.98 Å². The number of hydrogen-bond donors (Lipinski definition) is 1. The minimum absolute atomic E-state index is 0.000525. The number of imidazole rings is 1. The van der Waals surface area contributed by atoms with Crippen molar-refractivity contribution in [1.82, 2.24) is 14.9 Å². The first-order chi connectivity index (χ1) is 16.1. The summed E-state index contributed by atoms with van der Waals surface area (Å²) < 4.78 is 2.23. The Bertz CT molecular complexity index is 1440. The summed E-state index contributed by atoms with van der Waals surface area (Å²) in [6, 6.07) is 30.8. The van der Waals surface area contributed by atoms with E-state index in [9.17, 15) is 4.79 Å². The average Bonchev–Trinajstić information content (AvgIpc) is 3.19. The molecule has 4 nitrogen and oxygen atoms in total. The third kappa shape index (κ3) is 4.24. The first kappa shape index (κ1) is 21.0. The molecule has 1 heterocycles. The summed E-state index contributed by atoms with van der Waals surface area (Å²) in [7, 11) is 0. The molecule has 5 aromatic rings. The lowest BCUT2D eigenvalue weighted by atomic mass is 10.0. The molecule has 1 N–H and O–H groups in total. The van der Waals surface area contributed by atoms with Gasteiger partial charge in [-0.2, -0.15) is 0 Å². The molecule has 1 aromatic heterocycles. The third-order valence-electron chi connectivity index (χ3n) is 6.27. The molecule has 164 valence electrons. The summed E-state index contributed by atoms with van der Waals surface area (Å²) in [6.07, 6.45) is 0.362. The molecule has 4 aromatic carbocycles. The average molecular weight is 434 g/mol. The van der Waals surface area contributed by atoms with E-state index in [-0.39, 0.29) is 11.9 Å². The summed E-state index contributed by atoms with van der Waals surface area (Å²) in [5.41, 5.74) is 5.42. The molecule has 0 aliphatic carbocycles. The highest BCUT2D eigenvalue weighted by Gasteiger charge is 2.19. The van der Waals surface area contributed by atoms with Crippen LogP contribution < -0.4 is 5.32 Å². The van der Waals surface area contributed by atoms with Gasteiger partial charge >= 0.3 is 0 Å². The number of rotatable bonds is 6. The maximum atomic E-state index is 12.9.